The average Bonchev–Trinajstić information content (AvgIpc) is 2.67. The summed E-state index contributed by atoms with van der Waals surface area (Å²) in [6.07, 6.45) is 2.36. The highest BCUT2D eigenvalue weighted by molar-refractivity contribution is 4.89. The van der Waals surface area contributed by atoms with E-state index in [1.807, 2.05) is 0 Å². The van der Waals surface area contributed by atoms with Gasteiger partial charge in [0.05, 0.1) is 6.61 Å². The number of rotatable bonds is 2. The molecule has 2 aliphatic rings. The highest BCUT2D eigenvalue weighted by Crippen LogP contribution is 2.27. The summed E-state index contributed by atoms with van der Waals surface area (Å²) < 4.78 is 5.54. The van der Waals surface area contributed by atoms with Crippen LogP contribution in [0.4, 0.5) is 0 Å². The fourth-order valence-corrected chi connectivity index (χ4v) is 2.78. The highest BCUT2D eigenvalue weighted by atomic mass is 16.5. The molecule has 0 amide bonds. The molecule has 2 heterocycles. The Morgan fingerprint density at radius 2 is 2.13 bits per heavy atom. The summed E-state index contributed by atoms with van der Waals surface area (Å²) in [6.45, 7) is 8.77. The van der Waals surface area contributed by atoms with Gasteiger partial charge >= 0.3 is 0 Å². The summed E-state index contributed by atoms with van der Waals surface area (Å²) in [5, 5.41) is 0. The Kier molecular flexibility index (Phi) is 3.65. The number of nitrogens with zero attached hydrogens (tertiary/aromatic N) is 1. The number of nitrogens with two attached hydrogens (primary N) is 1. The second-order valence-electron chi connectivity index (χ2n) is 5.38. The molecule has 15 heavy (non-hydrogen) atoms. The molecule has 0 bridgehead atoms. The van der Waals surface area contributed by atoms with E-state index in [-0.39, 0.29) is 0 Å². The fraction of sp³-hybridized carbons (Fsp3) is 1.00. The second kappa shape index (κ2) is 4.81. The Morgan fingerprint density at radius 3 is 2.73 bits per heavy atom. The van der Waals surface area contributed by atoms with Crippen LogP contribution in [0, 0.1) is 11.8 Å². The van der Waals surface area contributed by atoms with E-state index in [0.29, 0.717) is 12.1 Å². The smallest absolute Gasteiger partial charge is 0.0636 e. The Bertz CT molecular complexity index is 208. The molecule has 3 unspecified atom stereocenters. The van der Waals surface area contributed by atoms with E-state index in [9.17, 15) is 0 Å². The van der Waals surface area contributed by atoms with Gasteiger partial charge in [-0.1, -0.05) is 13.8 Å². The first-order valence-corrected chi connectivity index (χ1v) is 6.26. The van der Waals surface area contributed by atoms with Crippen LogP contribution in [0.25, 0.3) is 0 Å². The third-order valence-electron chi connectivity index (χ3n) is 4.05. The first-order chi connectivity index (χ1) is 7.18. The minimum absolute atomic E-state index is 0.324. The Labute approximate surface area is 93.0 Å². The molecule has 0 aliphatic carbocycles. The summed E-state index contributed by atoms with van der Waals surface area (Å²) in [5.41, 5.74) is 6.16. The summed E-state index contributed by atoms with van der Waals surface area (Å²) in [7, 11) is 0. The van der Waals surface area contributed by atoms with E-state index in [0.717, 1.165) is 31.5 Å². The fourth-order valence-electron chi connectivity index (χ4n) is 2.78. The van der Waals surface area contributed by atoms with Gasteiger partial charge in [0, 0.05) is 25.2 Å². The van der Waals surface area contributed by atoms with Crippen LogP contribution in [0.5, 0.6) is 0 Å². The maximum atomic E-state index is 6.16. The molecule has 2 rings (SSSR count). The molecule has 2 aliphatic heterocycles. The van der Waals surface area contributed by atoms with E-state index in [2.05, 4.69) is 18.7 Å². The first-order valence-electron chi connectivity index (χ1n) is 6.26. The van der Waals surface area contributed by atoms with Crippen LogP contribution < -0.4 is 5.73 Å². The zero-order valence-corrected chi connectivity index (χ0v) is 9.98. The topological polar surface area (TPSA) is 38.5 Å². The predicted molar refractivity (Wildman–Crippen MR) is 61.7 cm³/mol. The van der Waals surface area contributed by atoms with Gasteiger partial charge in [0.1, 0.15) is 0 Å². The van der Waals surface area contributed by atoms with E-state index < -0.39 is 0 Å². The normalized spacial score (nSPS) is 38.8. The molecule has 0 aromatic rings. The van der Waals surface area contributed by atoms with E-state index >= 15 is 0 Å². The van der Waals surface area contributed by atoms with E-state index in [1.54, 1.807) is 0 Å². The molecule has 2 N–H and O–H groups in total. The number of likely N-dealkylation sites (tertiary alicyclic amines) is 1. The maximum Gasteiger partial charge on any atom is 0.0636 e. The molecule has 2 fully saturated rings. The van der Waals surface area contributed by atoms with Crippen molar-refractivity contribution in [2.75, 3.05) is 26.3 Å². The zero-order chi connectivity index (χ0) is 10.8. The second-order valence-corrected chi connectivity index (χ2v) is 5.38. The highest BCUT2D eigenvalue weighted by Gasteiger charge is 2.34. The van der Waals surface area contributed by atoms with Gasteiger partial charge < -0.3 is 10.5 Å². The zero-order valence-electron chi connectivity index (χ0n) is 9.98. The van der Waals surface area contributed by atoms with Crippen molar-refractivity contribution in [3.8, 4) is 0 Å². The molecule has 0 aromatic heterocycles. The SMILES string of the molecule is CC(C)C1CCN(C2COCCC2N)C1. The molecule has 88 valence electrons. The lowest BCUT2D eigenvalue weighted by molar-refractivity contribution is 0.0126. The molecule has 3 nitrogen and oxygen atoms in total. The van der Waals surface area contributed by atoms with Gasteiger partial charge in [-0.2, -0.15) is 0 Å². The van der Waals surface area contributed by atoms with Gasteiger partial charge in [-0.05, 0) is 31.2 Å². The van der Waals surface area contributed by atoms with Crippen LogP contribution in [0.1, 0.15) is 26.7 Å². The van der Waals surface area contributed by atoms with E-state index in [4.69, 9.17) is 10.5 Å². The van der Waals surface area contributed by atoms with Crippen molar-refractivity contribution in [3.05, 3.63) is 0 Å². The van der Waals surface area contributed by atoms with E-state index in [1.165, 1.54) is 19.5 Å². The molecule has 3 heteroatoms. The molecule has 0 spiro atoms. The molecule has 2 saturated heterocycles. The van der Waals surface area contributed by atoms with Crippen molar-refractivity contribution in [2.24, 2.45) is 17.6 Å². The van der Waals surface area contributed by atoms with Crippen LogP contribution in [0.2, 0.25) is 0 Å². The van der Waals surface area contributed by atoms with Crippen molar-refractivity contribution in [3.63, 3.8) is 0 Å². The van der Waals surface area contributed by atoms with Crippen LogP contribution in [0.15, 0.2) is 0 Å². The lowest BCUT2D eigenvalue weighted by atomic mass is 9.95. The minimum Gasteiger partial charge on any atom is -0.380 e. The molecule has 0 aromatic carbocycles. The van der Waals surface area contributed by atoms with Crippen LogP contribution in [-0.2, 0) is 4.74 Å². The Morgan fingerprint density at radius 1 is 1.33 bits per heavy atom. The number of hydrogen-bond acceptors (Lipinski definition) is 3. The van der Waals surface area contributed by atoms with Crippen molar-refractivity contribution < 1.29 is 4.74 Å². The van der Waals surface area contributed by atoms with Gasteiger partial charge in [-0.15, -0.1) is 0 Å². The van der Waals surface area contributed by atoms with Gasteiger partial charge in [-0.3, -0.25) is 4.90 Å². The summed E-state index contributed by atoms with van der Waals surface area (Å²) in [4.78, 5) is 2.55. The lowest BCUT2D eigenvalue weighted by Crippen LogP contribution is -2.52. The molecule has 0 radical (unpaired) electrons. The summed E-state index contributed by atoms with van der Waals surface area (Å²) >= 11 is 0. The van der Waals surface area contributed by atoms with Crippen molar-refractivity contribution in [1.82, 2.24) is 4.90 Å². The van der Waals surface area contributed by atoms with Crippen LogP contribution >= 0.6 is 0 Å². The molecule has 0 saturated carbocycles. The standard InChI is InChI=1S/C12H24N2O/c1-9(2)10-3-5-14(7-10)12-8-15-6-4-11(12)13/h9-12H,3-8,13H2,1-2H3. The molecule has 3 atom stereocenters. The molecular formula is C12H24N2O. The minimum atomic E-state index is 0.324. The summed E-state index contributed by atoms with van der Waals surface area (Å²) in [6, 6.07) is 0.798. The van der Waals surface area contributed by atoms with Crippen LogP contribution in [-0.4, -0.2) is 43.3 Å². The van der Waals surface area contributed by atoms with Gasteiger partial charge in [0.15, 0.2) is 0 Å². The predicted octanol–water partition coefficient (Wildman–Crippen LogP) is 1.08. The van der Waals surface area contributed by atoms with Crippen molar-refractivity contribution >= 4 is 0 Å². The number of ether oxygens (including phenoxy) is 1. The third-order valence-corrected chi connectivity index (χ3v) is 4.05. The van der Waals surface area contributed by atoms with Gasteiger partial charge in [-0.25, -0.2) is 0 Å². The monoisotopic (exact) mass is 212 g/mol. The third kappa shape index (κ3) is 2.52. The van der Waals surface area contributed by atoms with Gasteiger partial charge in [0.25, 0.3) is 0 Å². The van der Waals surface area contributed by atoms with Crippen molar-refractivity contribution in [2.45, 2.75) is 38.8 Å². The Hall–Kier alpha value is -0.120. The lowest BCUT2D eigenvalue weighted by Gasteiger charge is -2.36. The largest absolute Gasteiger partial charge is 0.380 e. The van der Waals surface area contributed by atoms with Gasteiger partial charge in [0.2, 0.25) is 0 Å². The molecular weight excluding hydrogens is 188 g/mol. The number of hydrogen-bond donors (Lipinski definition) is 1. The van der Waals surface area contributed by atoms with Crippen molar-refractivity contribution in [1.29, 1.82) is 0 Å². The average molecular weight is 212 g/mol. The maximum absolute atomic E-state index is 6.16. The quantitative estimate of drug-likeness (QED) is 0.744. The van der Waals surface area contributed by atoms with Crippen LogP contribution in [0.3, 0.4) is 0 Å². The Balaban J connectivity index is 1.89. The first kappa shape index (κ1) is 11.4. The summed E-state index contributed by atoms with van der Waals surface area (Å²) in [5.74, 6) is 1.66.